The summed E-state index contributed by atoms with van der Waals surface area (Å²) >= 11 is 0. The third kappa shape index (κ3) is 4.00. The Balaban J connectivity index is 2.23. The minimum atomic E-state index is -0.397. The summed E-state index contributed by atoms with van der Waals surface area (Å²) in [6.07, 6.45) is 0.915. The molecule has 0 spiro atoms. The lowest BCUT2D eigenvalue weighted by Crippen LogP contribution is -2.61. The molecule has 4 heteroatoms. The van der Waals surface area contributed by atoms with Gasteiger partial charge in [-0.15, -0.1) is 0 Å². The first-order valence-corrected chi connectivity index (χ1v) is 6.05. The maximum absolute atomic E-state index is 11.6. The quantitative estimate of drug-likeness (QED) is 0.803. The zero-order valence-electron chi connectivity index (χ0n) is 11.0. The van der Waals surface area contributed by atoms with E-state index in [9.17, 15) is 4.79 Å². The molecular weight excluding hydrogens is 204 g/mol. The Labute approximate surface area is 98.3 Å². The molecule has 0 aromatic rings. The summed E-state index contributed by atoms with van der Waals surface area (Å²) in [6.45, 7) is 11.5. The lowest BCUT2D eigenvalue weighted by molar-refractivity contribution is 0.00432. The Kier molecular flexibility index (Phi) is 4.19. The standard InChI is InChI=1S/C12H24N2O2/c1-6-9(2)13-10-7-14(8-10)11(15)16-12(3,4)5/h9-10,13H,6-8H2,1-5H3. The second-order valence-corrected chi connectivity index (χ2v) is 5.56. The van der Waals surface area contributed by atoms with Crippen LogP contribution < -0.4 is 5.32 Å². The smallest absolute Gasteiger partial charge is 0.410 e. The number of nitrogens with zero attached hydrogens (tertiary/aromatic N) is 1. The second kappa shape index (κ2) is 5.04. The van der Waals surface area contributed by atoms with Gasteiger partial charge in [0.15, 0.2) is 0 Å². The van der Waals surface area contributed by atoms with Gasteiger partial charge in [0, 0.05) is 25.2 Å². The highest BCUT2D eigenvalue weighted by atomic mass is 16.6. The van der Waals surface area contributed by atoms with Crippen LogP contribution in [-0.4, -0.2) is 41.8 Å². The van der Waals surface area contributed by atoms with Crippen molar-refractivity contribution in [2.75, 3.05) is 13.1 Å². The van der Waals surface area contributed by atoms with E-state index in [0.29, 0.717) is 12.1 Å². The average molecular weight is 228 g/mol. The lowest BCUT2D eigenvalue weighted by atomic mass is 10.1. The van der Waals surface area contributed by atoms with Gasteiger partial charge in [0.05, 0.1) is 0 Å². The van der Waals surface area contributed by atoms with Crippen LogP contribution in [-0.2, 0) is 4.74 Å². The molecular formula is C12H24N2O2. The number of nitrogens with one attached hydrogen (secondary N) is 1. The molecule has 1 atom stereocenters. The molecule has 1 unspecified atom stereocenters. The van der Waals surface area contributed by atoms with Crippen molar-refractivity contribution in [3.05, 3.63) is 0 Å². The van der Waals surface area contributed by atoms with Crippen LogP contribution in [0.3, 0.4) is 0 Å². The Morgan fingerprint density at radius 3 is 2.50 bits per heavy atom. The molecule has 0 bridgehead atoms. The number of hydrogen-bond donors (Lipinski definition) is 1. The Hall–Kier alpha value is -0.770. The Morgan fingerprint density at radius 2 is 2.06 bits per heavy atom. The van der Waals surface area contributed by atoms with Gasteiger partial charge in [0.25, 0.3) is 0 Å². The Morgan fingerprint density at radius 1 is 1.50 bits per heavy atom. The van der Waals surface area contributed by atoms with Gasteiger partial charge < -0.3 is 15.0 Å². The third-order valence-electron chi connectivity index (χ3n) is 2.67. The van der Waals surface area contributed by atoms with E-state index in [2.05, 4.69) is 19.2 Å². The summed E-state index contributed by atoms with van der Waals surface area (Å²) in [4.78, 5) is 13.4. The van der Waals surface area contributed by atoms with Gasteiger partial charge in [-0.05, 0) is 34.1 Å². The van der Waals surface area contributed by atoms with Crippen LogP contribution in [0, 0.1) is 0 Å². The molecule has 94 valence electrons. The maximum Gasteiger partial charge on any atom is 0.410 e. The average Bonchev–Trinajstić information content (AvgIpc) is 2.06. The topological polar surface area (TPSA) is 41.6 Å². The normalized spacial score (nSPS) is 19.2. The third-order valence-corrected chi connectivity index (χ3v) is 2.67. The number of carbonyl (C=O) groups is 1. The molecule has 1 saturated heterocycles. The summed E-state index contributed by atoms with van der Waals surface area (Å²) in [5, 5.41) is 3.46. The van der Waals surface area contributed by atoms with Crippen LogP contribution in [0.2, 0.25) is 0 Å². The van der Waals surface area contributed by atoms with Crippen molar-refractivity contribution in [2.45, 2.75) is 58.7 Å². The predicted molar refractivity (Wildman–Crippen MR) is 64.5 cm³/mol. The van der Waals surface area contributed by atoms with E-state index >= 15 is 0 Å². The van der Waals surface area contributed by atoms with Gasteiger partial charge in [0.2, 0.25) is 0 Å². The summed E-state index contributed by atoms with van der Waals surface area (Å²) in [5.74, 6) is 0. The van der Waals surface area contributed by atoms with Gasteiger partial charge in [0.1, 0.15) is 5.60 Å². The van der Waals surface area contributed by atoms with Crippen molar-refractivity contribution in [3.8, 4) is 0 Å². The van der Waals surface area contributed by atoms with Gasteiger partial charge in [-0.2, -0.15) is 0 Å². The van der Waals surface area contributed by atoms with Crippen LogP contribution in [0.15, 0.2) is 0 Å². The minimum Gasteiger partial charge on any atom is -0.444 e. The van der Waals surface area contributed by atoms with Gasteiger partial charge >= 0.3 is 6.09 Å². The van der Waals surface area contributed by atoms with Crippen molar-refractivity contribution in [1.29, 1.82) is 0 Å². The van der Waals surface area contributed by atoms with E-state index in [1.54, 1.807) is 4.90 Å². The molecule has 1 aliphatic heterocycles. The zero-order valence-corrected chi connectivity index (χ0v) is 11.0. The van der Waals surface area contributed by atoms with Crippen LogP contribution >= 0.6 is 0 Å². The van der Waals surface area contributed by atoms with E-state index in [4.69, 9.17) is 4.74 Å². The van der Waals surface area contributed by atoms with E-state index in [1.165, 1.54) is 0 Å². The first kappa shape index (κ1) is 13.3. The number of carbonyl (C=O) groups excluding carboxylic acids is 1. The van der Waals surface area contributed by atoms with E-state index < -0.39 is 5.60 Å². The highest BCUT2D eigenvalue weighted by molar-refractivity contribution is 5.69. The van der Waals surface area contributed by atoms with E-state index in [0.717, 1.165) is 19.5 Å². The molecule has 0 radical (unpaired) electrons. The predicted octanol–water partition coefficient (Wildman–Crippen LogP) is 1.99. The maximum atomic E-state index is 11.6. The molecule has 0 aliphatic carbocycles. The first-order chi connectivity index (χ1) is 7.31. The van der Waals surface area contributed by atoms with Gasteiger partial charge in [-0.1, -0.05) is 6.92 Å². The number of rotatable bonds is 3. The number of amides is 1. The van der Waals surface area contributed by atoms with Crippen molar-refractivity contribution in [1.82, 2.24) is 10.2 Å². The van der Waals surface area contributed by atoms with Crippen LogP contribution in [0.5, 0.6) is 0 Å². The monoisotopic (exact) mass is 228 g/mol. The highest BCUT2D eigenvalue weighted by Gasteiger charge is 2.33. The molecule has 4 nitrogen and oxygen atoms in total. The first-order valence-electron chi connectivity index (χ1n) is 6.05. The van der Waals surface area contributed by atoms with Crippen LogP contribution in [0.1, 0.15) is 41.0 Å². The second-order valence-electron chi connectivity index (χ2n) is 5.56. The summed E-state index contributed by atoms with van der Waals surface area (Å²) in [6, 6.07) is 0.952. The number of likely N-dealkylation sites (tertiary alicyclic amines) is 1. The minimum absolute atomic E-state index is 0.199. The molecule has 1 heterocycles. The molecule has 1 rings (SSSR count). The van der Waals surface area contributed by atoms with Crippen molar-refractivity contribution >= 4 is 6.09 Å². The summed E-state index contributed by atoms with van der Waals surface area (Å²) in [7, 11) is 0. The fourth-order valence-electron chi connectivity index (χ4n) is 1.58. The molecule has 1 amide bonds. The molecule has 0 aromatic heterocycles. The molecule has 1 N–H and O–H groups in total. The van der Waals surface area contributed by atoms with Gasteiger partial charge in [-0.25, -0.2) is 4.79 Å². The van der Waals surface area contributed by atoms with E-state index in [1.807, 2.05) is 20.8 Å². The molecule has 0 aromatic carbocycles. The van der Waals surface area contributed by atoms with Crippen LogP contribution in [0.25, 0.3) is 0 Å². The molecule has 16 heavy (non-hydrogen) atoms. The zero-order chi connectivity index (χ0) is 12.3. The van der Waals surface area contributed by atoms with Crippen LogP contribution in [0.4, 0.5) is 4.79 Å². The lowest BCUT2D eigenvalue weighted by Gasteiger charge is -2.41. The molecule has 1 fully saturated rings. The molecule has 0 saturated carbocycles. The van der Waals surface area contributed by atoms with Crippen molar-refractivity contribution in [2.24, 2.45) is 0 Å². The van der Waals surface area contributed by atoms with Crippen molar-refractivity contribution < 1.29 is 9.53 Å². The van der Waals surface area contributed by atoms with Gasteiger partial charge in [-0.3, -0.25) is 0 Å². The fraction of sp³-hybridized carbons (Fsp3) is 0.917. The SMILES string of the molecule is CCC(C)NC1CN(C(=O)OC(C)(C)C)C1. The van der Waals surface area contributed by atoms with E-state index in [-0.39, 0.29) is 6.09 Å². The summed E-state index contributed by atoms with van der Waals surface area (Å²) < 4.78 is 5.28. The number of ether oxygens (including phenoxy) is 1. The fourth-order valence-corrected chi connectivity index (χ4v) is 1.58. The largest absolute Gasteiger partial charge is 0.444 e. The van der Waals surface area contributed by atoms with Crippen molar-refractivity contribution in [3.63, 3.8) is 0 Å². The summed E-state index contributed by atoms with van der Waals surface area (Å²) in [5.41, 5.74) is -0.397. The highest BCUT2D eigenvalue weighted by Crippen LogP contribution is 2.15. The number of hydrogen-bond acceptors (Lipinski definition) is 3. The Bertz CT molecular complexity index is 242. The molecule has 1 aliphatic rings.